The van der Waals surface area contributed by atoms with E-state index in [1.165, 1.54) is 0 Å². The number of nitrogens with zero attached hydrogens (tertiary/aromatic N) is 7. The Hall–Kier alpha value is -3.50. The SMILES string of the molecule is C[C@@H]1CN([C@@H]2CCN(c3ncc4c5c(c(-c6ncc(F)c7sc(N)c(C#N)c67)c(F)c4n3)COC5)C2)CCN1C. The predicted octanol–water partition coefficient (Wildman–Crippen LogP) is 3.88. The lowest BCUT2D eigenvalue weighted by Gasteiger charge is -2.40. The van der Waals surface area contributed by atoms with Crippen LogP contribution in [0.25, 0.3) is 32.2 Å². The lowest BCUT2D eigenvalue weighted by atomic mass is 9.94. The Morgan fingerprint density at radius 2 is 1.95 bits per heavy atom. The highest BCUT2D eigenvalue weighted by molar-refractivity contribution is 7.23. The first-order valence-corrected chi connectivity index (χ1v) is 14.2. The molecule has 0 unspecified atom stereocenters. The number of halogens is 2. The van der Waals surface area contributed by atoms with Crippen molar-refractivity contribution in [1.82, 2.24) is 24.8 Å². The van der Waals surface area contributed by atoms with Gasteiger partial charge in [-0.2, -0.15) is 5.26 Å². The van der Waals surface area contributed by atoms with Gasteiger partial charge in [-0.3, -0.25) is 9.88 Å². The number of fused-ring (bicyclic) bond motifs is 4. The zero-order chi connectivity index (χ0) is 27.7. The summed E-state index contributed by atoms with van der Waals surface area (Å²) in [7, 11) is 2.16. The van der Waals surface area contributed by atoms with E-state index < -0.39 is 11.6 Å². The molecule has 2 N–H and O–H groups in total. The predicted molar refractivity (Wildman–Crippen MR) is 150 cm³/mol. The number of likely N-dealkylation sites (N-methyl/N-ethyl adjacent to an activating group) is 1. The van der Waals surface area contributed by atoms with Crippen LogP contribution < -0.4 is 10.6 Å². The summed E-state index contributed by atoms with van der Waals surface area (Å²) in [6.45, 7) is 7.35. The summed E-state index contributed by atoms with van der Waals surface area (Å²) in [4.78, 5) is 20.7. The number of thiophene rings is 1. The van der Waals surface area contributed by atoms with E-state index in [-0.39, 0.29) is 50.6 Å². The standard InChI is InChI=1S/C28H28F2N8OS/c1-14-10-37(6-5-36(14)2)15-3-4-38(11-15)28-34-8-17-18-12-39-13-19(18)21(23(30)24(17)35-28)25-22-16(7-31)27(32)40-26(22)20(29)9-33-25/h8-9,14-15H,3-6,10-13,32H2,1-2H3/t14-,15-/m1/s1. The Bertz CT molecular complexity index is 1720. The van der Waals surface area contributed by atoms with Crippen molar-refractivity contribution in [3.8, 4) is 17.3 Å². The van der Waals surface area contributed by atoms with Gasteiger partial charge < -0.3 is 20.3 Å². The maximum atomic E-state index is 16.6. The lowest BCUT2D eigenvalue weighted by Crippen LogP contribution is -2.54. The fourth-order valence-corrected chi connectivity index (χ4v) is 7.24. The average molecular weight is 563 g/mol. The molecule has 0 spiro atoms. The quantitative estimate of drug-likeness (QED) is 0.398. The second kappa shape index (κ2) is 9.55. The largest absolute Gasteiger partial charge is 0.389 e. The molecule has 4 aromatic rings. The molecular weight excluding hydrogens is 534 g/mol. The highest BCUT2D eigenvalue weighted by Gasteiger charge is 2.34. The van der Waals surface area contributed by atoms with Gasteiger partial charge in [0.25, 0.3) is 0 Å². The Labute approximate surface area is 233 Å². The van der Waals surface area contributed by atoms with E-state index in [0.717, 1.165) is 62.2 Å². The summed E-state index contributed by atoms with van der Waals surface area (Å²) < 4.78 is 37.2. The molecule has 0 aliphatic carbocycles. The third kappa shape index (κ3) is 3.83. The number of hydrogen-bond donors (Lipinski definition) is 1. The van der Waals surface area contributed by atoms with E-state index in [0.29, 0.717) is 29.0 Å². The molecule has 1 aromatic carbocycles. The zero-order valence-electron chi connectivity index (χ0n) is 22.2. The van der Waals surface area contributed by atoms with E-state index in [9.17, 15) is 9.65 Å². The molecule has 9 nitrogen and oxygen atoms in total. The van der Waals surface area contributed by atoms with Crippen LogP contribution in [0.3, 0.4) is 0 Å². The van der Waals surface area contributed by atoms with Gasteiger partial charge in [0.05, 0.1) is 35.4 Å². The number of anilines is 2. The Kier molecular flexibility index (Phi) is 6.08. The highest BCUT2D eigenvalue weighted by Crippen LogP contribution is 2.45. The van der Waals surface area contributed by atoms with Crippen LogP contribution in [0.5, 0.6) is 0 Å². The fourth-order valence-electron chi connectivity index (χ4n) is 6.32. The number of piperazine rings is 1. The molecule has 2 atom stereocenters. The Morgan fingerprint density at radius 3 is 2.75 bits per heavy atom. The first-order valence-electron chi connectivity index (χ1n) is 13.4. The molecule has 3 aliphatic rings. The van der Waals surface area contributed by atoms with Crippen LogP contribution in [0.4, 0.5) is 19.7 Å². The second-order valence-electron chi connectivity index (χ2n) is 10.9. The van der Waals surface area contributed by atoms with Crippen molar-refractivity contribution in [3.05, 3.63) is 40.7 Å². The molecule has 0 saturated carbocycles. The van der Waals surface area contributed by atoms with E-state index >= 15 is 4.39 Å². The summed E-state index contributed by atoms with van der Waals surface area (Å²) in [5, 5.41) is 10.8. The van der Waals surface area contributed by atoms with Gasteiger partial charge >= 0.3 is 0 Å². The van der Waals surface area contributed by atoms with Gasteiger partial charge in [-0.05, 0) is 31.5 Å². The molecule has 0 bridgehead atoms. The molecular formula is C28H28F2N8OS. The third-order valence-electron chi connectivity index (χ3n) is 8.69. The van der Waals surface area contributed by atoms with Crippen molar-refractivity contribution in [3.63, 3.8) is 0 Å². The van der Waals surface area contributed by atoms with Crippen LogP contribution in [-0.2, 0) is 18.0 Å². The first-order chi connectivity index (χ1) is 19.4. The van der Waals surface area contributed by atoms with Gasteiger partial charge in [0.15, 0.2) is 11.6 Å². The smallest absolute Gasteiger partial charge is 0.226 e. The summed E-state index contributed by atoms with van der Waals surface area (Å²) in [6, 6.07) is 2.95. The molecule has 12 heteroatoms. The van der Waals surface area contributed by atoms with Gasteiger partial charge in [0, 0.05) is 67.3 Å². The number of nitriles is 1. The van der Waals surface area contributed by atoms with Crippen molar-refractivity contribution < 1.29 is 13.5 Å². The number of nitrogens with two attached hydrogens (primary N) is 1. The summed E-state index contributed by atoms with van der Waals surface area (Å²) in [5.74, 6) is -0.704. The maximum Gasteiger partial charge on any atom is 0.226 e. The van der Waals surface area contributed by atoms with Crippen LogP contribution in [-0.4, -0.2) is 76.6 Å². The van der Waals surface area contributed by atoms with Crippen molar-refractivity contribution in [2.75, 3.05) is 50.4 Å². The number of aromatic nitrogens is 3. The fraction of sp³-hybridized carbons (Fsp3) is 0.429. The maximum absolute atomic E-state index is 16.6. The van der Waals surface area contributed by atoms with E-state index in [1.54, 1.807) is 6.20 Å². The minimum atomic E-state index is -0.603. The zero-order valence-corrected chi connectivity index (χ0v) is 23.1. The van der Waals surface area contributed by atoms with E-state index in [1.807, 2.05) is 6.07 Å². The molecule has 2 saturated heterocycles. The Balaban J connectivity index is 1.32. The number of hydrogen-bond acceptors (Lipinski definition) is 10. The van der Waals surface area contributed by atoms with Gasteiger partial charge in [-0.25, -0.2) is 18.7 Å². The van der Waals surface area contributed by atoms with Crippen LogP contribution in [0, 0.1) is 23.0 Å². The van der Waals surface area contributed by atoms with E-state index in [4.69, 9.17) is 15.5 Å². The summed E-state index contributed by atoms with van der Waals surface area (Å²) >= 11 is 0.960. The van der Waals surface area contributed by atoms with Gasteiger partial charge in [0.2, 0.25) is 5.95 Å². The van der Waals surface area contributed by atoms with Crippen molar-refractivity contribution in [2.24, 2.45) is 0 Å². The molecule has 2 fully saturated rings. The van der Waals surface area contributed by atoms with Gasteiger partial charge in [-0.1, -0.05) is 0 Å². The van der Waals surface area contributed by atoms with Gasteiger partial charge in [0.1, 0.15) is 16.6 Å². The Morgan fingerprint density at radius 1 is 1.12 bits per heavy atom. The minimum absolute atomic E-state index is 0.0962. The summed E-state index contributed by atoms with van der Waals surface area (Å²) in [5.41, 5.74) is 8.05. The number of rotatable bonds is 3. The van der Waals surface area contributed by atoms with Crippen molar-refractivity contribution in [1.29, 1.82) is 5.26 Å². The normalized spacial score (nSPS) is 21.9. The molecule has 0 radical (unpaired) electrons. The monoisotopic (exact) mass is 562 g/mol. The second-order valence-corrected chi connectivity index (χ2v) is 11.9. The number of benzene rings is 1. The number of ether oxygens (including phenoxy) is 1. The van der Waals surface area contributed by atoms with E-state index in [2.05, 4.69) is 38.6 Å². The van der Waals surface area contributed by atoms with Crippen molar-refractivity contribution >= 4 is 43.3 Å². The number of nitrogen functional groups attached to an aromatic ring is 1. The molecule has 6 heterocycles. The van der Waals surface area contributed by atoms with Crippen LogP contribution in [0.2, 0.25) is 0 Å². The lowest BCUT2D eigenvalue weighted by molar-refractivity contribution is 0.0784. The third-order valence-corrected chi connectivity index (χ3v) is 9.71. The molecule has 40 heavy (non-hydrogen) atoms. The van der Waals surface area contributed by atoms with Crippen molar-refractivity contribution in [2.45, 2.75) is 38.6 Å². The van der Waals surface area contributed by atoms with Gasteiger partial charge in [-0.15, -0.1) is 11.3 Å². The first kappa shape index (κ1) is 25.5. The molecule has 3 aliphatic heterocycles. The minimum Gasteiger partial charge on any atom is -0.389 e. The number of pyridine rings is 1. The van der Waals surface area contributed by atoms with Crippen LogP contribution in [0.1, 0.15) is 30.0 Å². The summed E-state index contributed by atoms with van der Waals surface area (Å²) in [6.07, 6.45) is 3.73. The molecule has 7 rings (SSSR count). The highest BCUT2D eigenvalue weighted by atomic mass is 32.1. The topological polar surface area (TPSA) is 107 Å². The molecule has 206 valence electrons. The average Bonchev–Trinajstić information content (AvgIpc) is 3.70. The van der Waals surface area contributed by atoms with Crippen LogP contribution in [0.15, 0.2) is 12.4 Å². The molecule has 0 amide bonds. The molecule has 3 aromatic heterocycles. The van der Waals surface area contributed by atoms with Crippen LogP contribution >= 0.6 is 11.3 Å².